The van der Waals surface area contributed by atoms with Gasteiger partial charge in [0, 0.05) is 23.2 Å². The molecule has 7 heteroatoms. The number of hydrogen-bond acceptors (Lipinski definition) is 5. The van der Waals surface area contributed by atoms with Crippen molar-refractivity contribution in [3.63, 3.8) is 0 Å². The number of halogens is 1. The molecule has 0 N–H and O–H groups in total. The van der Waals surface area contributed by atoms with Crippen LogP contribution in [-0.2, 0) is 7.05 Å². The van der Waals surface area contributed by atoms with Crippen molar-refractivity contribution in [3.8, 4) is 17.1 Å². The molecule has 3 rings (SSSR count). The van der Waals surface area contributed by atoms with Crippen LogP contribution in [0.5, 0.6) is 5.75 Å². The van der Waals surface area contributed by atoms with Gasteiger partial charge in [-0.3, -0.25) is 4.79 Å². The van der Waals surface area contributed by atoms with Gasteiger partial charge in [0.1, 0.15) is 5.75 Å². The number of Topliss-reactive ketones (excluding diaryl/α,β-unsaturated/α-hetero) is 1. The molecule has 0 spiro atoms. The molecular weight excluding hydrogens is 370 g/mol. The summed E-state index contributed by atoms with van der Waals surface area (Å²) < 4.78 is 7.06. The number of methoxy groups -OCH3 is 1. The predicted molar refractivity (Wildman–Crippen MR) is 104 cm³/mol. The number of benzene rings is 2. The first-order chi connectivity index (χ1) is 12.5. The van der Waals surface area contributed by atoms with E-state index < -0.39 is 0 Å². The lowest BCUT2D eigenvalue weighted by molar-refractivity contribution is 0.0994. The van der Waals surface area contributed by atoms with E-state index in [9.17, 15) is 4.79 Å². The van der Waals surface area contributed by atoms with Crippen LogP contribution >= 0.6 is 23.4 Å². The van der Waals surface area contributed by atoms with Crippen LogP contribution in [0.15, 0.2) is 53.7 Å². The highest BCUT2D eigenvalue weighted by Crippen LogP contribution is 2.28. The summed E-state index contributed by atoms with van der Waals surface area (Å²) in [4.78, 5) is 12.6. The Balaban J connectivity index is 1.78. The Morgan fingerprint density at radius 2 is 1.92 bits per heavy atom. The second-order valence-electron chi connectivity index (χ2n) is 5.73. The fraction of sp³-hybridized carbons (Fsp3) is 0.211. The number of ketones is 1. The lowest BCUT2D eigenvalue weighted by Gasteiger charge is -2.10. The molecule has 0 saturated heterocycles. The Labute approximate surface area is 161 Å². The van der Waals surface area contributed by atoms with Crippen molar-refractivity contribution in [2.75, 3.05) is 7.11 Å². The summed E-state index contributed by atoms with van der Waals surface area (Å²) >= 11 is 7.35. The van der Waals surface area contributed by atoms with Crippen molar-refractivity contribution in [1.29, 1.82) is 0 Å². The van der Waals surface area contributed by atoms with Gasteiger partial charge in [-0.15, -0.1) is 10.2 Å². The summed E-state index contributed by atoms with van der Waals surface area (Å²) in [5.41, 5.74) is 1.52. The quantitative estimate of drug-likeness (QED) is 0.460. The van der Waals surface area contributed by atoms with Gasteiger partial charge in [-0.25, -0.2) is 0 Å². The SMILES string of the molecule is COc1ccc(-c2nnc(SC(C)C(=O)c3cccc(Cl)c3)n2C)cc1. The van der Waals surface area contributed by atoms with Crippen LogP contribution in [0.1, 0.15) is 17.3 Å². The maximum atomic E-state index is 12.6. The molecule has 0 saturated carbocycles. The van der Waals surface area contributed by atoms with E-state index in [1.165, 1.54) is 11.8 Å². The van der Waals surface area contributed by atoms with E-state index >= 15 is 0 Å². The lowest BCUT2D eigenvalue weighted by Crippen LogP contribution is -2.14. The highest BCUT2D eigenvalue weighted by atomic mass is 35.5. The predicted octanol–water partition coefficient (Wildman–Crippen LogP) is 4.51. The standard InChI is InChI=1S/C19H18ClN3O2S/c1-12(17(24)14-5-4-6-15(20)11-14)26-19-22-21-18(23(19)2)13-7-9-16(25-3)10-8-13/h4-12H,1-3H3. The highest BCUT2D eigenvalue weighted by Gasteiger charge is 2.20. The zero-order valence-electron chi connectivity index (χ0n) is 14.6. The molecule has 0 fully saturated rings. The van der Waals surface area contributed by atoms with Gasteiger partial charge in [-0.2, -0.15) is 0 Å². The molecule has 1 unspecified atom stereocenters. The number of carbonyl (C=O) groups excluding carboxylic acids is 1. The Kier molecular flexibility index (Phi) is 5.64. The number of ether oxygens (including phenoxy) is 1. The van der Waals surface area contributed by atoms with Crippen LogP contribution in [0.2, 0.25) is 5.02 Å². The first-order valence-electron chi connectivity index (χ1n) is 8.00. The first kappa shape index (κ1) is 18.5. The molecule has 1 aromatic heterocycles. The molecule has 1 atom stereocenters. The second-order valence-corrected chi connectivity index (χ2v) is 7.47. The smallest absolute Gasteiger partial charge is 0.191 e. The third-order valence-electron chi connectivity index (χ3n) is 3.94. The molecule has 0 aliphatic heterocycles. The average Bonchev–Trinajstić information content (AvgIpc) is 3.01. The van der Waals surface area contributed by atoms with Gasteiger partial charge in [-0.05, 0) is 43.3 Å². The van der Waals surface area contributed by atoms with Crippen molar-refractivity contribution >= 4 is 29.1 Å². The van der Waals surface area contributed by atoms with Gasteiger partial charge in [0.25, 0.3) is 0 Å². The summed E-state index contributed by atoms with van der Waals surface area (Å²) in [6.07, 6.45) is 0. The molecular formula is C19H18ClN3O2S. The van der Waals surface area contributed by atoms with E-state index in [4.69, 9.17) is 16.3 Å². The zero-order chi connectivity index (χ0) is 18.7. The second kappa shape index (κ2) is 7.93. The molecule has 0 aliphatic carbocycles. The van der Waals surface area contributed by atoms with Crippen molar-refractivity contribution in [2.24, 2.45) is 7.05 Å². The number of thioether (sulfide) groups is 1. The fourth-order valence-electron chi connectivity index (χ4n) is 2.50. The van der Waals surface area contributed by atoms with Crippen LogP contribution in [0.3, 0.4) is 0 Å². The molecule has 2 aromatic carbocycles. The van der Waals surface area contributed by atoms with E-state index in [0.29, 0.717) is 15.7 Å². The van der Waals surface area contributed by atoms with Gasteiger partial charge in [-0.1, -0.05) is 35.5 Å². The van der Waals surface area contributed by atoms with Crippen molar-refractivity contribution in [1.82, 2.24) is 14.8 Å². The van der Waals surface area contributed by atoms with Crippen LogP contribution < -0.4 is 4.74 Å². The molecule has 0 aliphatic rings. The largest absolute Gasteiger partial charge is 0.497 e. The van der Waals surface area contributed by atoms with Crippen LogP contribution in [0.25, 0.3) is 11.4 Å². The highest BCUT2D eigenvalue weighted by molar-refractivity contribution is 8.00. The molecule has 0 amide bonds. The van der Waals surface area contributed by atoms with Crippen LogP contribution in [-0.4, -0.2) is 32.9 Å². The normalized spacial score (nSPS) is 12.0. The molecule has 5 nitrogen and oxygen atoms in total. The maximum absolute atomic E-state index is 12.6. The monoisotopic (exact) mass is 387 g/mol. The molecule has 3 aromatic rings. The first-order valence-corrected chi connectivity index (χ1v) is 9.25. The summed E-state index contributed by atoms with van der Waals surface area (Å²) in [6, 6.07) is 14.6. The number of nitrogens with zero attached hydrogens (tertiary/aromatic N) is 3. The van der Waals surface area contributed by atoms with Crippen LogP contribution in [0, 0.1) is 0 Å². The summed E-state index contributed by atoms with van der Waals surface area (Å²) in [5.74, 6) is 1.52. The third kappa shape index (κ3) is 3.92. The number of carbonyl (C=O) groups is 1. The molecule has 0 bridgehead atoms. The number of hydrogen-bond donors (Lipinski definition) is 0. The summed E-state index contributed by atoms with van der Waals surface area (Å²) in [5, 5.41) is 9.42. The Morgan fingerprint density at radius 3 is 2.58 bits per heavy atom. The van der Waals surface area contributed by atoms with Gasteiger partial charge in [0.2, 0.25) is 0 Å². The minimum Gasteiger partial charge on any atom is -0.497 e. The fourth-order valence-corrected chi connectivity index (χ4v) is 3.58. The van der Waals surface area contributed by atoms with Crippen LogP contribution in [0.4, 0.5) is 0 Å². The lowest BCUT2D eigenvalue weighted by atomic mass is 10.1. The van der Waals surface area contributed by atoms with E-state index in [0.717, 1.165) is 17.1 Å². The Bertz CT molecular complexity index is 925. The summed E-state index contributed by atoms with van der Waals surface area (Å²) in [7, 11) is 3.52. The summed E-state index contributed by atoms with van der Waals surface area (Å²) in [6.45, 7) is 1.86. The maximum Gasteiger partial charge on any atom is 0.191 e. The zero-order valence-corrected chi connectivity index (χ0v) is 16.2. The molecule has 1 heterocycles. The van der Waals surface area contributed by atoms with E-state index in [1.807, 2.05) is 42.8 Å². The number of rotatable bonds is 6. The van der Waals surface area contributed by atoms with E-state index in [-0.39, 0.29) is 11.0 Å². The third-order valence-corrected chi connectivity index (χ3v) is 5.31. The Morgan fingerprint density at radius 1 is 1.19 bits per heavy atom. The number of aromatic nitrogens is 3. The Hall–Kier alpha value is -2.31. The van der Waals surface area contributed by atoms with Crippen molar-refractivity contribution < 1.29 is 9.53 Å². The minimum absolute atomic E-state index is 0.00602. The van der Waals surface area contributed by atoms with E-state index in [2.05, 4.69) is 10.2 Å². The molecule has 26 heavy (non-hydrogen) atoms. The minimum atomic E-state index is -0.305. The van der Waals surface area contributed by atoms with Gasteiger partial charge < -0.3 is 9.30 Å². The van der Waals surface area contributed by atoms with Crippen molar-refractivity contribution in [2.45, 2.75) is 17.3 Å². The van der Waals surface area contributed by atoms with Gasteiger partial charge >= 0.3 is 0 Å². The van der Waals surface area contributed by atoms with E-state index in [1.54, 1.807) is 31.4 Å². The average molecular weight is 388 g/mol. The molecule has 0 radical (unpaired) electrons. The van der Waals surface area contributed by atoms with Gasteiger partial charge in [0.15, 0.2) is 16.8 Å². The van der Waals surface area contributed by atoms with Crippen molar-refractivity contribution in [3.05, 3.63) is 59.1 Å². The topological polar surface area (TPSA) is 57.0 Å². The van der Waals surface area contributed by atoms with Gasteiger partial charge in [0.05, 0.1) is 12.4 Å². The molecule has 134 valence electrons.